The Balaban J connectivity index is 2.16. The monoisotopic (exact) mass is 375 g/mol. The van der Waals surface area contributed by atoms with E-state index in [1.807, 2.05) is 18.2 Å². The number of benzene rings is 2. The van der Waals surface area contributed by atoms with Crippen LogP contribution in [0.15, 0.2) is 34.8 Å². The van der Waals surface area contributed by atoms with E-state index in [1.54, 1.807) is 19.2 Å². The normalized spacial score (nSPS) is 10.4. The standard InChI is InChI=1S/C14H12BrCl2NO2/c1-20-10-2-3-11(15)8(4-10)7-18-9-5-12(16)14(19)13(17)6-9/h2-6,18-19H,7H2,1H3. The molecule has 0 saturated heterocycles. The van der Waals surface area contributed by atoms with Gasteiger partial charge < -0.3 is 15.2 Å². The zero-order valence-electron chi connectivity index (χ0n) is 10.6. The first-order valence-corrected chi connectivity index (χ1v) is 7.30. The fourth-order valence-corrected chi connectivity index (χ4v) is 2.55. The number of rotatable bonds is 4. The molecule has 0 atom stereocenters. The van der Waals surface area contributed by atoms with Crippen molar-refractivity contribution < 1.29 is 9.84 Å². The first-order valence-electron chi connectivity index (χ1n) is 5.75. The molecule has 0 heterocycles. The molecule has 0 fully saturated rings. The molecule has 0 saturated carbocycles. The van der Waals surface area contributed by atoms with E-state index in [-0.39, 0.29) is 15.8 Å². The van der Waals surface area contributed by atoms with E-state index in [1.165, 1.54) is 0 Å². The molecule has 0 bridgehead atoms. The van der Waals surface area contributed by atoms with Crippen LogP contribution in [0.2, 0.25) is 10.0 Å². The molecule has 0 spiro atoms. The van der Waals surface area contributed by atoms with Gasteiger partial charge in [0, 0.05) is 16.7 Å². The molecule has 0 amide bonds. The minimum absolute atomic E-state index is 0.110. The van der Waals surface area contributed by atoms with Crippen molar-refractivity contribution in [1.29, 1.82) is 0 Å². The third-order valence-corrected chi connectivity index (χ3v) is 4.10. The second-order valence-electron chi connectivity index (χ2n) is 4.10. The van der Waals surface area contributed by atoms with Gasteiger partial charge in [-0.2, -0.15) is 0 Å². The van der Waals surface area contributed by atoms with E-state index in [0.717, 1.165) is 21.5 Å². The molecule has 6 heteroatoms. The van der Waals surface area contributed by atoms with Crippen LogP contribution < -0.4 is 10.1 Å². The fraction of sp³-hybridized carbons (Fsp3) is 0.143. The van der Waals surface area contributed by atoms with Crippen LogP contribution in [0, 0.1) is 0 Å². The molecule has 0 radical (unpaired) electrons. The highest BCUT2D eigenvalue weighted by Gasteiger charge is 2.07. The largest absolute Gasteiger partial charge is 0.505 e. The summed E-state index contributed by atoms with van der Waals surface area (Å²) in [6, 6.07) is 8.98. The Labute approximate surface area is 135 Å². The maximum atomic E-state index is 9.51. The lowest BCUT2D eigenvalue weighted by Crippen LogP contribution is -2.01. The predicted molar refractivity (Wildman–Crippen MR) is 86.1 cm³/mol. The first kappa shape index (κ1) is 15.3. The van der Waals surface area contributed by atoms with Crippen molar-refractivity contribution in [3.05, 3.63) is 50.4 Å². The quantitative estimate of drug-likeness (QED) is 0.731. The van der Waals surface area contributed by atoms with Gasteiger partial charge in [-0.1, -0.05) is 39.1 Å². The second kappa shape index (κ2) is 6.57. The number of methoxy groups -OCH3 is 1. The molecule has 0 unspecified atom stereocenters. The Kier molecular flexibility index (Phi) is 5.02. The Hall–Kier alpha value is -1.10. The highest BCUT2D eigenvalue weighted by Crippen LogP contribution is 2.35. The summed E-state index contributed by atoms with van der Waals surface area (Å²) in [6.45, 7) is 0.565. The van der Waals surface area contributed by atoms with Crippen LogP contribution in [0.1, 0.15) is 5.56 Å². The van der Waals surface area contributed by atoms with Crippen LogP contribution in [0.25, 0.3) is 0 Å². The zero-order chi connectivity index (χ0) is 14.7. The smallest absolute Gasteiger partial charge is 0.152 e. The van der Waals surface area contributed by atoms with Gasteiger partial charge in [0.1, 0.15) is 5.75 Å². The van der Waals surface area contributed by atoms with Crippen molar-refractivity contribution in [2.24, 2.45) is 0 Å². The maximum Gasteiger partial charge on any atom is 0.152 e. The summed E-state index contributed by atoms with van der Waals surface area (Å²) in [6.07, 6.45) is 0. The lowest BCUT2D eigenvalue weighted by molar-refractivity contribution is 0.414. The predicted octanol–water partition coefficient (Wildman–Crippen LogP) is 5.08. The zero-order valence-corrected chi connectivity index (χ0v) is 13.7. The van der Waals surface area contributed by atoms with Crippen LogP contribution in [-0.4, -0.2) is 12.2 Å². The molecule has 3 nitrogen and oxygen atoms in total. The van der Waals surface area contributed by atoms with Gasteiger partial charge in [0.2, 0.25) is 0 Å². The first-order chi connectivity index (χ1) is 9.51. The van der Waals surface area contributed by atoms with E-state index in [9.17, 15) is 5.11 Å². The average molecular weight is 377 g/mol. The van der Waals surface area contributed by atoms with E-state index >= 15 is 0 Å². The molecule has 0 aliphatic carbocycles. The van der Waals surface area contributed by atoms with E-state index in [0.29, 0.717) is 6.54 Å². The van der Waals surface area contributed by atoms with Crippen LogP contribution >= 0.6 is 39.1 Å². The van der Waals surface area contributed by atoms with Gasteiger partial charge in [0.05, 0.1) is 17.2 Å². The number of anilines is 1. The van der Waals surface area contributed by atoms with Gasteiger partial charge in [0.15, 0.2) is 5.75 Å². The van der Waals surface area contributed by atoms with Gasteiger partial charge >= 0.3 is 0 Å². The minimum atomic E-state index is -0.110. The number of hydrogen-bond donors (Lipinski definition) is 2. The van der Waals surface area contributed by atoms with Gasteiger partial charge in [-0.15, -0.1) is 0 Å². The molecule has 2 rings (SSSR count). The van der Waals surface area contributed by atoms with E-state index < -0.39 is 0 Å². The van der Waals surface area contributed by atoms with Crippen molar-refractivity contribution in [3.63, 3.8) is 0 Å². The molecule has 0 aromatic heterocycles. The van der Waals surface area contributed by atoms with Gasteiger partial charge in [-0.3, -0.25) is 0 Å². The van der Waals surface area contributed by atoms with Crippen molar-refractivity contribution in [1.82, 2.24) is 0 Å². The third kappa shape index (κ3) is 3.51. The van der Waals surface area contributed by atoms with E-state index in [4.69, 9.17) is 27.9 Å². The fourth-order valence-electron chi connectivity index (χ4n) is 1.68. The van der Waals surface area contributed by atoms with Crippen molar-refractivity contribution in [2.75, 3.05) is 12.4 Å². The molecule has 2 aromatic rings. The molecule has 106 valence electrons. The highest BCUT2D eigenvalue weighted by atomic mass is 79.9. The summed E-state index contributed by atoms with van der Waals surface area (Å²) in [4.78, 5) is 0. The summed E-state index contributed by atoms with van der Waals surface area (Å²) >= 11 is 15.2. The second-order valence-corrected chi connectivity index (χ2v) is 5.77. The number of phenols is 1. The third-order valence-electron chi connectivity index (χ3n) is 2.75. The lowest BCUT2D eigenvalue weighted by Gasteiger charge is -2.11. The van der Waals surface area contributed by atoms with Crippen LogP contribution in [0.3, 0.4) is 0 Å². The molecule has 0 aliphatic heterocycles. The maximum absolute atomic E-state index is 9.51. The molecular weight excluding hydrogens is 365 g/mol. The number of halogens is 3. The number of aromatic hydroxyl groups is 1. The van der Waals surface area contributed by atoms with Crippen LogP contribution in [0.4, 0.5) is 5.69 Å². The van der Waals surface area contributed by atoms with Gasteiger partial charge in [0.25, 0.3) is 0 Å². The number of hydrogen-bond acceptors (Lipinski definition) is 3. The molecule has 20 heavy (non-hydrogen) atoms. The SMILES string of the molecule is COc1ccc(Br)c(CNc2cc(Cl)c(O)c(Cl)c2)c1. The minimum Gasteiger partial charge on any atom is -0.505 e. The summed E-state index contributed by atoms with van der Waals surface area (Å²) < 4.78 is 6.17. The number of ether oxygens (including phenoxy) is 1. The van der Waals surface area contributed by atoms with Gasteiger partial charge in [-0.05, 0) is 35.9 Å². The molecule has 0 aliphatic rings. The van der Waals surface area contributed by atoms with Crippen LogP contribution in [-0.2, 0) is 6.54 Å². The van der Waals surface area contributed by atoms with Crippen molar-refractivity contribution >= 4 is 44.8 Å². The number of phenolic OH excluding ortho intramolecular Hbond substituents is 1. The summed E-state index contributed by atoms with van der Waals surface area (Å²) in [5.41, 5.74) is 1.76. The Morgan fingerprint density at radius 1 is 1.20 bits per heavy atom. The Bertz CT molecular complexity index is 612. The Morgan fingerprint density at radius 2 is 1.85 bits per heavy atom. The summed E-state index contributed by atoms with van der Waals surface area (Å²) in [7, 11) is 1.62. The lowest BCUT2D eigenvalue weighted by atomic mass is 10.2. The number of nitrogens with one attached hydrogen (secondary N) is 1. The molecular formula is C14H12BrCl2NO2. The molecule has 2 aromatic carbocycles. The highest BCUT2D eigenvalue weighted by molar-refractivity contribution is 9.10. The summed E-state index contributed by atoms with van der Waals surface area (Å²) in [5.74, 6) is 0.674. The van der Waals surface area contributed by atoms with Crippen molar-refractivity contribution in [2.45, 2.75) is 6.54 Å². The van der Waals surface area contributed by atoms with Crippen molar-refractivity contribution in [3.8, 4) is 11.5 Å². The van der Waals surface area contributed by atoms with Gasteiger partial charge in [-0.25, -0.2) is 0 Å². The molecule has 2 N–H and O–H groups in total. The van der Waals surface area contributed by atoms with E-state index in [2.05, 4.69) is 21.2 Å². The van der Waals surface area contributed by atoms with Crippen LogP contribution in [0.5, 0.6) is 11.5 Å². The average Bonchev–Trinajstić information content (AvgIpc) is 2.43. The Morgan fingerprint density at radius 3 is 2.45 bits per heavy atom. The topological polar surface area (TPSA) is 41.5 Å². The summed E-state index contributed by atoms with van der Waals surface area (Å²) in [5, 5.41) is 13.1.